The third-order valence-electron chi connectivity index (χ3n) is 3.16. The summed E-state index contributed by atoms with van der Waals surface area (Å²) >= 11 is 0. The quantitative estimate of drug-likeness (QED) is 0.855. The number of carbonyl (C=O) groups is 1. The van der Waals surface area contributed by atoms with Crippen LogP contribution in [0, 0.1) is 5.82 Å². The monoisotopic (exact) mass is 236 g/mol. The van der Waals surface area contributed by atoms with Gasteiger partial charge in [-0.2, -0.15) is 0 Å². The zero-order valence-electron chi connectivity index (χ0n) is 9.79. The summed E-state index contributed by atoms with van der Waals surface area (Å²) in [4.78, 5) is 13.6. The number of benzene rings is 1. The van der Waals surface area contributed by atoms with Gasteiger partial charge in [-0.1, -0.05) is 12.5 Å². The van der Waals surface area contributed by atoms with E-state index < -0.39 is 0 Å². The Kier molecular flexibility index (Phi) is 3.74. The smallest absolute Gasteiger partial charge is 0.226 e. The van der Waals surface area contributed by atoms with Crippen LogP contribution in [0.4, 0.5) is 10.1 Å². The molecule has 1 aliphatic rings. The van der Waals surface area contributed by atoms with Crippen molar-refractivity contribution in [3.05, 3.63) is 29.6 Å². The lowest BCUT2D eigenvalue weighted by atomic mass is 10.1. The molecule has 1 fully saturated rings. The minimum atomic E-state index is -0.331. The Bertz CT molecular complexity index is 420. The summed E-state index contributed by atoms with van der Waals surface area (Å²) in [5.41, 5.74) is 6.64. The third-order valence-corrected chi connectivity index (χ3v) is 3.16. The third kappa shape index (κ3) is 2.47. The van der Waals surface area contributed by atoms with Crippen molar-refractivity contribution in [1.82, 2.24) is 0 Å². The van der Waals surface area contributed by atoms with Crippen molar-refractivity contribution < 1.29 is 9.18 Å². The van der Waals surface area contributed by atoms with Crippen LogP contribution in [-0.4, -0.2) is 12.5 Å². The fourth-order valence-corrected chi connectivity index (χ4v) is 2.24. The van der Waals surface area contributed by atoms with E-state index in [-0.39, 0.29) is 18.3 Å². The van der Waals surface area contributed by atoms with Crippen molar-refractivity contribution in [2.24, 2.45) is 5.73 Å². The number of nitrogens with two attached hydrogens (primary N) is 1. The Labute approximate surface area is 100 Å². The van der Waals surface area contributed by atoms with Crippen LogP contribution in [-0.2, 0) is 11.3 Å². The van der Waals surface area contributed by atoms with Gasteiger partial charge in [-0.25, -0.2) is 4.39 Å². The first-order chi connectivity index (χ1) is 8.24. The molecule has 92 valence electrons. The lowest BCUT2D eigenvalue weighted by Gasteiger charge is -2.23. The van der Waals surface area contributed by atoms with Crippen molar-refractivity contribution in [3.63, 3.8) is 0 Å². The molecule has 1 aromatic carbocycles. The first-order valence-electron chi connectivity index (χ1n) is 6.02. The van der Waals surface area contributed by atoms with Crippen molar-refractivity contribution in [3.8, 4) is 0 Å². The van der Waals surface area contributed by atoms with Crippen LogP contribution < -0.4 is 10.6 Å². The molecular weight excluding hydrogens is 219 g/mol. The lowest BCUT2D eigenvalue weighted by Crippen LogP contribution is -2.31. The molecule has 0 saturated carbocycles. The summed E-state index contributed by atoms with van der Waals surface area (Å²) in [6, 6.07) is 4.78. The van der Waals surface area contributed by atoms with Crippen molar-refractivity contribution in [2.45, 2.75) is 32.2 Å². The molecule has 1 saturated heterocycles. The summed E-state index contributed by atoms with van der Waals surface area (Å²) < 4.78 is 13.6. The zero-order valence-corrected chi connectivity index (χ0v) is 9.79. The molecule has 1 aliphatic heterocycles. The fraction of sp³-hybridized carbons (Fsp3) is 0.462. The number of anilines is 1. The average molecular weight is 236 g/mol. The molecule has 3 nitrogen and oxygen atoms in total. The number of nitrogens with zero attached hydrogens (tertiary/aromatic N) is 1. The Morgan fingerprint density at radius 3 is 2.88 bits per heavy atom. The second-order valence-corrected chi connectivity index (χ2v) is 4.30. The van der Waals surface area contributed by atoms with Crippen molar-refractivity contribution in [1.29, 1.82) is 0 Å². The normalized spacial score (nSPS) is 17.1. The lowest BCUT2D eigenvalue weighted by molar-refractivity contribution is -0.118. The highest BCUT2D eigenvalue weighted by Crippen LogP contribution is 2.26. The second kappa shape index (κ2) is 5.27. The molecular formula is C13H17FN2O. The van der Waals surface area contributed by atoms with E-state index in [1.165, 1.54) is 6.07 Å². The van der Waals surface area contributed by atoms with Crippen LogP contribution in [0.3, 0.4) is 0 Å². The average Bonchev–Trinajstić information content (AvgIpc) is 2.53. The highest BCUT2D eigenvalue weighted by Gasteiger charge is 2.21. The largest absolute Gasteiger partial charge is 0.326 e. The number of halogens is 1. The molecule has 1 heterocycles. The van der Waals surface area contributed by atoms with Crippen LogP contribution in [0.2, 0.25) is 0 Å². The van der Waals surface area contributed by atoms with E-state index in [9.17, 15) is 9.18 Å². The van der Waals surface area contributed by atoms with Gasteiger partial charge >= 0.3 is 0 Å². The molecule has 17 heavy (non-hydrogen) atoms. The molecule has 1 aromatic rings. The van der Waals surface area contributed by atoms with Gasteiger partial charge in [0.15, 0.2) is 0 Å². The Morgan fingerprint density at radius 2 is 2.12 bits per heavy atom. The number of hydrogen-bond donors (Lipinski definition) is 1. The van der Waals surface area contributed by atoms with E-state index in [4.69, 9.17) is 5.73 Å². The van der Waals surface area contributed by atoms with Gasteiger partial charge in [0, 0.05) is 25.1 Å². The highest BCUT2D eigenvalue weighted by molar-refractivity contribution is 5.94. The summed E-state index contributed by atoms with van der Waals surface area (Å²) in [7, 11) is 0. The number of amides is 1. The maximum atomic E-state index is 13.6. The standard InChI is InChI=1S/C13H17FN2O/c14-11-5-4-6-12(10(11)9-15)16-8-3-1-2-7-13(16)17/h4-6H,1-3,7-9,15H2. The zero-order chi connectivity index (χ0) is 12.3. The van der Waals surface area contributed by atoms with Gasteiger partial charge in [0.1, 0.15) is 5.82 Å². The van der Waals surface area contributed by atoms with Gasteiger partial charge in [0.25, 0.3) is 0 Å². The van der Waals surface area contributed by atoms with E-state index in [0.717, 1.165) is 19.3 Å². The highest BCUT2D eigenvalue weighted by atomic mass is 19.1. The number of rotatable bonds is 2. The van der Waals surface area contributed by atoms with Crippen LogP contribution in [0.5, 0.6) is 0 Å². The second-order valence-electron chi connectivity index (χ2n) is 4.30. The molecule has 0 spiro atoms. The van der Waals surface area contributed by atoms with Gasteiger partial charge in [-0.15, -0.1) is 0 Å². The molecule has 0 aromatic heterocycles. The predicted octanol–water partition coefficient (Wildman–Crippen LogP) is 2.19. The van der Waals surface area contributed by atoms with Crippen LogP contribution >= 0.6 is 0 Å². The maximum Gasteiger partial charge on any atom is 0.226 e. The van der Waals surface area contributed by atoms with Crippen molar-refractivity contribution >= 4 is 11.6 Å². The van der Waals surface area contributed by atoms with Crippen LogP contribution in [0.25, 0.3) is 0 Å². The fourth-order valence-electron chi connectivity index (χ4n) is 2.24. The molecule has 0 unspecified atom stereocenters. The van der Waals surface area contributed by atoms with Crippen LogP contribution in [0.15, 0.2) is 18.2 Å². The first kappa shape index (κ1) is 12.0. The van der Waals surface area contributed by atoms with Gasteiger partial charge in [0.2, 0.25) is 5.91 Å². The molecule has 1 amide bonds. The summed E-state index contributed by atoms with van der Waals surface area (Å²) in [5.74, 6) is -0.259. The van der Waals surface area contributed by atoms with E-state index in [0.29, 0.717) is 24.2 Å². The molecule has 4 heteroatoms. The molecule has 0 bridgehead atoms. The Hall–Kier alpha value is -1.42. The topological polar surface area (TPSA) is 46.3 Å². The summed E-state index contributed by atoms with van der Waals surface area (Å²) in [5, 5.41) is 0. The van der Waals surface area contributed by atoms with Crippen molar-refractivity contribution in [2.75, 3.05) is 11.4 Å². The SMILES string of the molecule is NCc1c(F)cccc1N1CCCCCC1=O. The van der Waals surface area contributed by atoms with E-state index in [2.05, 4.69) is 0 Å². The van der Waals surface area contributed by atoms with Gasteiger partial charge in [-0.3, -0.25) is 4.79 Å². The summed E-state index contributed by atoms with van der Waals surface area (Å²) in [6.07, 6.45) is 3.48. The number of hydrogen-bond acceptors (Lipinski definition) is 2. The van der Waals surface area contributed by atoms with E-state index in [1.54, 1.807) is 17.0 Å². The first-order valence-corrected chi connectivity index (χ1v) is 6.02. The van der Waals surface area contributed by atoms with Gasteiger partial charge in [0.05, 0.1) is 5.69 Å². The van der Waals surface area contributed by atoms with E-state index in [1.807, 2.05) is 0 Å². The summed E-state index contributed by atoms with van der Waals surface area (Å²) in [6.45, 7) is 0.779. The van der Waals surface area contributed by atoms with E-state index >= 15 is 0 Å². The Morgan fingerprint density at radius 1 is 1.29 bits per heavy atom. The van der Waals surface area contributed by atoms with Gasteiger partial charge < -0.3 is 10.6 Å². The minimum absolute atomic E-state index is 0.0720. The minimum Gasteiger partial charge on any atom is -0.326 e. The molecule has 0 aliphatic carbocycles. The maximum absolute atomic E-state index is 13.6. The molecule has 2 rings (SSSR count). The Balaban J connectivity index is 2.37. The molecule has 0 atom stereocenters. The number of carbonyl (C=O) groups excluding carboxylic acids is 1. The molecule has 2 N–H and O–H groups in total. The molecule has 0 radical (unpaired) electrons. The van der Waals surface area contributed by atoms with Crippen LogP contribution in [0.1, 0.15) is 31.2 Å². The van der Waals surface area contributed by atoms with Gasteiger partial charge in [-0.05, 0) is 25.0 Å². The predicted molar refractivity (Wildman–Crippen MR) is 65.1 cm³/mol.